The first kappa shape index (κ1) is 23.4. The van der Waals surface area contributed by atoms with Crippen LogP contribution < -0.4 is 10.6 Å². The van der Waals surface area contributed by atoms with Gasteiger partial charge in [0.25, 0.3) is 5.91 Å². The van der Waals surface area contributed by atoms with Gasteiger partial charge < -0.3 is 15.0 Å². The van der Waals surface area contributed by atoms with Crippen LogP contribution in [0.1, 0.15) is 41.6 Å². The highest BCUT2D eigenvalue weighted by molar-refractivity contribution is 7.80. The highest BCUT2D eigenvalue weighted by Gasteiger charge is 2.26. The fourth-order valence-corrected chi connectivity index (χ4v) is 4.24. The molecule has 1 aliphatic heterocycles. The summed E-state index contributed by atoms with van der Waals surface area (Å²) in [6, 6.07) is 16.8. The lowest BCUT2D eigenvalue weighted by Gasteiger charge is -2.35. The number of carbonyl (C=O) groups excluding carboxylic acids is 2. The van der Waals surface area contributed by atoms with E-state index in [-0.39, 0.29) is 23.0 Å². The number of amides is 1. The van der Waals surface area contributed by atoms with Gasteiger partial charge in [0.05, 0.1) is 6.04 Å². The molecule has 3 rings (SSSR count). The molecular formula is C24H28ClN3O2S. The minimum Gasteiger partial charge on any atom is -0.358 e. The van der Waals surface area contributed by atoms with Gasteiger partial charge in [0.2, 0.25) is 0 Å². The monoisotopic (exact) mass is 457 g/mol. The minimum atomic E-state index is -0.264. The first-order chi connectivity index (χ1) is 15.0. The van der Waals surface area contributed by atoms with Crippen molar-refractivity contribution in [3.8, 4) is 0 Å². The Morgan fingerprint density at radius 2 is 1.81 bits per heavy atom. The number of hydrogen-bond acceptors (Lipinski definition) is 4. The third-order valence-corrected chi connectivity index (χ3v) is 6.28. The zero-order valence-corrected chi connectivity index (χ0v) is 19.2. The molecule has 164 valence electrons. The minimum absolute atomic E-state index is 0.173. The molecule has 2 unspecified atom stereocenters. The van der Waals surface area contributed by atoms with Crippen LogP contribution in [-0.4, -0.2) is 47.9 Å². The average Bonchev–Trinajstić information content (AvgIpc) is 2.79. The quantitative estimate of drug-likeness (QED) is 0.485. The first-order valence-electron chi connectivity index (χ1n) is 10.6. The second kappa shape index (κ2) is 11.4. The maximum absolute atomic E-state index is 12.3. The number of piperidine rings is 1. The van der Waals surface area contributed by atoms with Gasteiger partial charge >= 0.3 is 0 Å². The molecule has 0 radical (unpaired) electrons. The third kappa shape index (κ3) is 6.86. The molecule has 1 saturated heterocycles. The van der Waals surface area contributed by atoms with Crippen molar-refractivity contribution >= 4 is 41.1 Å². The van der Waals surface area contributed by atoms with Gasteiger partial charge in [-0.15, -0.1) is 0 Å². The molecule has 2 aromatic carbocycles. The molecule has 0 saturated carbocycles. The van der Waals surface area contributed by atoms with Gasteiger partial charge in [-0.3, -0.25) is 10.1 Å². The van der Waals surface area contributed by atoms with E-state index in [1.54, 1.807) is 24.3 Å². The van der Waals surface area contributed by atoms with E-state index in [4.69, 9.17) is 23.8 Å². The Morgan fingerprint density at radius 3 is 2.42 bits per heavy atom. The molecule has 1 heterocycles. The molecule has 7 heteroatoms. The van der Waals surface area contributed by atoms with Crippen LogP contribution in [0.25, 0.3) is 0 Å². The molecule has 2 atom stereocenters. The van der Waals surface area contributed by atoms with E-state index in [1.165, 1.54) is 5.56 Å². The molecule has 0 spiro atoms. The van der Waals surface area contributed by atoms with Crippen LogP contribution in [0.15, 0.2) is 54.6 Å². The van der Waals surface area contributed by atoms with E-state index in [0.29, 0.717) is 18.0 Å². The fourth-order valence-electron chi connectivity index (χ4n) is 3.87. The van der Waals surface area contributed by atoms with Crippen LogP contribution in [0.2, 0.25) is 5.02 Å². The number of carbonyl (C=O) groups is 2. The fraction of sp³-hybridized carbons (Fsp3) is 0.375. The topological polar surface area (TPSA) is 61.4 Å². The smallest absolute Gasteiger partial charge is 0.257 e. The lowest BCUT2D eigenvalue weighted by molar-refractivity contribution is -0.111. The summed E-state index contributed by atoms with van der Waals surface area (Å²) >= 11 is 11.3. The summed E-state index contributed by atoms with van der Waals surface area (Å²) < 4.78 is 0. The molecule has 1 fully saturated rings. The van der Waals surface area contributed by atoms with Crippen molar-refractivity contribution in [2.24, 2.45) is 5.92 Å². The number of aldehydes is 1. The van der Waals surface area contributed by atoms with Crippen molar-refractivity contribution in [2.75, 3.05) is 19.6 Å². The molecule has 0 aromatic heterocycles. The Kier molecular flexibility index (Phi) is 8.58. The number of thiocarbonyl (C=S) groups is 1. The number of halogens is 1. The molecule has 5 nitrogen and oxygen atoms in total. The molecule has 0 bridgehead atoms. The summed E-state index contributed by atoms with van der Waals surface area (Å²) in [5.74, 6) is 0.0228. The number of hydrogen-bond donors (Lipinski definition) is 2. The third-order valence-electron chi connectivity index (χ3n) is 5.81. The normalized spacial score (nSPS) is 16.8. The van der Waals surface area contributed by atoms with Gasteiger partial charge in [0, 0.05) is 23.0 Å². The Hall–Kier alpha value is -2.28. The van der Waals surface area contributed by atoms with Gasteiger partial charge in [0.1, 0.15) is 6.29 Å². The van der Waals surface area contributed by atoms with Gasteiger partial charge in [0.15, 0.2) is 5.11 Å². The summed E-state index contributed by atoms with van der Waals surface area (Å²) in [5.41, 5.74) is 1.86. The zero-order valence-electron chi connectivity index (χ0n) is 17.6. The summed E-state index contributed by atoms with van der Waals surface area (Å²) in [5, 5.41) is 6.89. The predicted octanol–water partition coefficient (Wildman–Crippen LogP) is 4.03. The van der Waals surface area contributed by atoms with Crippen molar-refractivity contribution in [2.45, 2.75) is 31.7 Å². The Bertz CT molecular complexity index is 883. The van der Waals surface area contributed by atoms with Gasteiger partial charge in [-0.05, 0) is 73.9 Å². The Labute approximate surface area is 194 Å². The summed E-state index contributed by atoms with van der Waals surface area (Å²) in [4.78, 5) is 26.2. The Balaban J connectivity index is 1.53. The molecule has 31 heavy (non-hydrogen) atoms. The van der Waals surface area contributed by atoms with E-state index < -0.39 is 0 Å². The van der Waals surface area contributed by atoms with Crippen LogP contribution in [0.3, 0.4) is 0 Å². The SMILES string of the molecule is CC(C=O)C(CN1CCC(c2ccc(Cl)cc2)CC1)NC(=S)NC(=O)c1ccccc1. The molecule has 2 N–H and O–H groups in total. The number of nitrogens with zero attached hydrogens (tertiary/aromatic N) is 1. The van der Waals surface area contributed by atoms with Crippen molar-refractivity contribution in [3.05, 3.63) is 70.7 Å². The van der Waals surface area contributed by atoms with Crippen LogP contribution >= 0.6 is 23.8 Å². The molecule has 0 aliphatic carbocycles. The Morgan fingerprint density at radius 1 is 1.16 bits per heavy atom. The number of nitrogens with one attached hydrogen (secondary N) is 2. The summed E-state index contributed by atoms with van der Waals surface area (Å²) in [6.45, 7) is 4.45. The number of likely N-dealkylation sites (tertiary alicyclic amines) is 1. The van der Waals surface area contributed by atoms with Crippen molar-refractivity contribution in [3.63, 3.8) is 0 Å². The molecule has 1 amide bonds. The van der Waals surface area contributed by atoms with E-state index in [2.05, 4.69) is 27.7 Å². The lowest BCUT2D eigenvalue weighted by Crippen LogP contribution is -2.52. The van der Waals surface area contributed by atoms with Gasteiger partial charge in [-0.25, -0.2) is 0 Å². The van der Waals surface area contributed by atoms with Gasteiger partial charge in [-0.1, -0.05) is 48.9 Å². The second-order valence-electron chi connectivity index (χ2n) is 8.02. The highest BCUT2D eigenvalue weighted by Crippen LogP contribution is 2.29. The van der Waals surface area contributed by atoms with E-state index in [1.807, 2.05) is 25.1 Å². The number of rotatable bonds is 7. The second-order valence-corrected chi connectivity index (χ2v) is 8.87. The van der Waals surface area contributed by atoms with E-state index in [9.17, 15) is 9.59 Å². The molecule has 2 aromatic rings. The molecular weight excluding hydrogens is 430 g/mol. The largest absolute Gasteiger partial charge is 0.358 e. The number of benzene rings is 2. The lowest BCUT2D eigenvalue weighted by atomic mass is 9.89. The maximum Gasteiger partial charge on any atom is 0.257 e. The van der Waals surface area contributed by atoms with E-state index >= 15 is 0 Å². The highest BCUT2D eigenvalue weighted by atomic mass is 35.5. The zero-order chi connectivity index (χ0) is 22.2. The van der Waals surface area contributed by atoms with Crippen molar-refractivity contribution < 1.29 is 9.59 Å². The summed E-state index contributed by atoms with van der Waals surface area (Å²) in [6.07, 6.45) is 3.04. The van der Waals surface area contributed by atoms with Crippen LogP contribution in [0.5, 0.6) is 0 Å². The van der Waals surface area contributed by atoms with Crippen molar-refractivity contribution in [1.29, 1.82) is 0 Å². The summed E-state index contributed by atoms with van der Waals surface area (Å²) in [7, 11) is 0. The van der Waals surface area contributed by atoms with Crippen LogP contribution in [0, 0.1) is 5.92 Å². The van der Waals surface area contributed by atoms with Crippen LogP contribution in [0.4, 0.5) is 0 Å². The standard InChI is InChI=1S/C24H28ClN3O2S/c1-17(16-29)22(26-24(31)27-23(30)20-5-3-2-4-6-20)15-28-13-11-19(12-14-28)18-7-9-21(25)10-8-18/h2-10,16-17,19,22H,11-15H2,1H3,(H2,26,27,30,31). The average molecular weight is 458 g/mol. The van der Waals surface area contributed by atoms with Gasteiger partial charge in [-0.2, -0.15) is 0 Å². The van der Waals surface area contributed by atoms with Crippen LogP contribution in [-0.2, 0) is 4.79 Å². The van der Waals surface area contributed by atoms with E-state index in [0.717, 1.165) is 37.2 Å². The predicted molar refractivity (Wildman–Crippen MR) is 129 cm³/mol. The van der Waals surface area contributed by atoms with Crippen molar-refractivity contribution in [1.82, 2.24) is 15.5 Å². The maximum atomic E-state index is 12.3. The molecule has 1 aliphatic rings. The first-order valence-corrected chi connectivity index (χ1v) is 11.3.